The summed E-state index contributed by atoms with van der Waals surface area (Å²) in [6.07, 6.45) is -1.15. The van der Waals surface area contributed by atoms with E-state index in [1.807, 2.05) is 0 Å². The van der Waals surface area contributed by atoms with Crippen molar-refractivity contribution < 1.29 is 26.7 Å². The maximum Gasteiger partial charge on any atom is 0.516 e. The number of sulfonamides is 1. The fourth-order valence-corrected chi connectivity index (χ4v) is 3.47. The summed E-state index contributed by atoms with van der Waals surface area (Å²) < 4.78 is 61.8. The number of aliphatic hydroxyl groups excluding tert-OH is 1. The third-order valence-electron chi connectivity index (χ3n) is 3.96. The van der Waals surface area contributed by atoms with E-state index in [1.54, 1.807) is 25.2 Å². The number of halogens is 5. The summed E-state index contributed by atoms with van der Waals surface area (Å²) >= 11 is 11.9. The van der Waals surface area contributed by atoms with Crippen LogP contribution in [0.25, 0.3) is 0 Å². The number of nitrogens with one attached hydrogen (secondary N) is 2. The van der Waals surface area contributed by atoms with Gasteiger partial charge in [0.05, 0.1) is 16.1 Å². The van der Waals surface area contributed by atoms with E-state index in [0.717, 1.165) is 12.1 Å². The number of hydrogen-bond donors (Lipinski definition) is 3. The first-order valence-electron chi connectivity index (χ1n) is 7.93. The molecule has 0 saturated carbocycles. The molecule has 0 aliphatic heterocycles. The number of hydrogen-bond acceptors (Lipinski definition) is 4. The molecule has 0 aliphatic carbocycles. The van der Waals surface area contributed by atoms with Crippen molar-refractivity contribution in [3.8, 4) is 0 Å². The Bertz CT molecular complexity index is 939. The first-order valence-corrected chi connectivity index (χ1v) is 10.2. The number of benzene rings is 2. The Morgan fingerprint density at radius 2 is 1.75 bits per heavy atom. The van der Waals surface area contributed by atoms with Gasteiger partial charge < -0.3 is 10.4 Å². The van der Waals surface area contributed by atoms with E-state index in [2.05, 4.69) is 5.32 Å². The lowest BCUT2D eigenvalue weighted by Crippen LogP contribution is -2.30. The van der Waals surface area contributed by atoms with Gasteiger partial charge in [0, 0.05) is 18.2 Å². The molecule has 0 spiro atoms. The molecule has 28 heavy (non-hydrogen) atoms. The van der Waals surface area contributed by atoms with E-state index in [9.17, 15) is 26.7 Å². The molecule has 2 rings (SSSR count). The number of likely N-dealkylation sites (N-methyl/N-ethyl adjacent to an activating group) is 1. The second kappa shape index (κ2) is 8.87. The second-order valence-corrected chi connectivity index (χ2v) is 8.45. The van der Waals surface area contributed by atoms with Crippen molar-refractivity contribution in [1.29, 1.82) is 0 Å². The van der Waals surface area contributed by atoms with Gasteiger partial charge in [0.1, 0.15) is 0 Å². The van der Waals surface area contributed by atoms with Crippen LogP contribution >= 0.6 is 23.2 Å². The Hall–Kier alpha value is -1.52. The molecule has 2 atom stereocenters. The van der Waals surface area contributed by atoms with Crippen molar-refractivity contribution >= 4 is 38.9 Å². The van der Waals surface area contributed by atoms with E-state index < -0.39 is 27.6 Å². The SMILES string of the molecule is CNC[C@@H](c1ccc(Cl)c(Cl)c1)[C@@H](O)c1cccc(NS(=O)(=O)C(F)(F)F)c1. The molecule has 11 heteroatoms. The Balaban J connectivity index is 2.35. The molecule has 0 saturated heterocycles. The Labute approximate surface area is 170 Å². The fourth-order valence-electron chi connectivity index (χ4n) is 2.61. The van der Waals surface area contributed by atoms with Crippen LogP contribution in [-0.4, -0.2) is 32.6 Å². The predicted molar refractivity (Wildman–Crippen MR) is 103 cm³/mol. The van der Waals surface area contributed by atoms with E-state index in [-0.39, 0.29) is 11.3 Å². The number of rotatable bonds is 7. The molecule has 3 N–H and O–H groups in total. The first kappa shape index (κ1) is 22.8. The van der Waals surface area contributed by atoms with Crippen LogP contribution in [0, 0.1) is 0 Å². The van der Waals surface area contributed by atoms with Crippen LogP contribution in [0.4, 0.5) is 18.9 Å². The highest BCUT2D eigenvalue weighted by Crippen LogP contribution is 2.35. The predicted octanol–water partition coefficient (Wildman–Crippen LogP) is 4.29. The molecular weight excluding hydrogens is 440 g/mol. The summed E-state index contributed by atoms with van der Waals surface area (Å²) in [7, 11) is -3.89. The van der Waals surface area contributed by atoms with E-state index >= 15 is 0 Å². The zero-order valence-corrected chi connectivity index (χ0v) is 16.8. The van der Waals surface area contributed by atoms with Gasteiger partial charge in [0.25, 0.3) is 0 Å². The van der Waals surface area contributed by atoms with Crippen molar-refractivity contribution in [3.05, 3.63) is 63.6 Å². The zero-order chi connectivity index (χ0) is 21.1. The van der Waals surface area contributed by atoms with Gasteiger partial charge in [-0.2, -0.15) is 21.6 Å². The maximum absolute atomic E-state index is 12.6. The van der Waals surface area contributed by atoms with Gasteiger partial charge in [0.2, 0.25) is 0 Å². The standard InChI is InChI=1S/C17H17Cl2F3N2O3S/c1-23-9-13(10-5-6-14(18)15(19)8-10)16(25)11-3-2-4-12(7-11)24-28(26,27)17(20,21)22/h2-8,13,16,23-25H,9H2,1H3/t13-,16-/m0/s1. The first-order chi connectivity index (χ1) is 13.0. The molecule has 0 heterocycles. The number of alkyl halides is 3. The average molecular weight is 457 g/mol. The van der Waals surface area contributed by atoms with Gasteiger partial charge in [-0.05, 0) is 42.4 Å². The highest BCUT2D eigenvalue weighted by molar-refractivity contribution is 7.93. The largest absolute Gasteiger partial charge is 0.516 e. The van der Waals surface area contributed by atoms with E-state index in [0.29, 0.717) is 22.2 Å². The monoisotopic (exact) mass is 456 g/mol. The summed E-state index contributed by atoms with van der Waals surface area (Å²) in [5.41, 5.74) is -4.88. The summed E-state index contributed by atoms with van der Waals surface area (Å²) in [5, 5.41) is 14.3. The van der Waals surface area contributed by atoms with Crippen LogP contribution in [0.15, 0.2) is 42.5 Å². The normalized spacial score (nSPS) is 14.5. The minimum absolute atomic E-state index is 0.230. The van der Waals surface area contributed by atoms with Crippen molar-refractivity contribution in [2.24, 2.45) is 0 Å². The molecule has 0 fully saturated rings. The molecule has 0 aliphatic rings. The molecule has 0 amide bonds. The third-order valence-corrected chi connectivity index (χ3v) is 5.81. The molecule has 0 bridgehead atoms. The second-order valence-electron chi connectivity index (χ2n) is 5.96. The Morgan fingerprint density at radius 3 is 2.32 bits per heavy atom. The van der Waals surface area contributed by atoms with Crippen molar-refractivity contribution in [2.75, 3.05) is 18.3 Å². The molecule has 5 nitrogen and oxygen atoms in total. The van der Waals surface area contributed by atoms with Crippen molar-refractivity contribution in [2.45, 2.75) is 17.5 Å². The van der Waals surface area contributed by atoms with Crippen molar-refractivity contribution in [3.63, 3.8) is 0 Å². The van der Waals surface area contributed by atoms with Crippen LogP contribution in [-0.2, 0) is 10.0 Å². The molecule has 2 aromatic carbocycles. The Kier molecular flexibility index (Phi) is 7.22. The maximum atomic E-state index is 12.6. The topological polar surface area (TPSA) is 78.4 Å². The van der Waals surface area contributed by atoms with E-state index in [1.165, 1.54) is 16.9 Å². The minimum atomic E-state index is -5.56. The summed E-state index contributed by atoms with van der Waals surface area (Å²) in [4.78, 5) is 0. The number of anilines is 1. The van der Waals surface area contributed by atoms with E-state index in [4.69, 9.17) is 23.2 Å². The molecule has 2 aromatic rings. The van der Waals surface area contributed by atoms with Crippen LogP contribution in [0.2, 0.25) is 10.0 Å². The highest BCUT2D eigenvalue weighted by Gasteiger charge is 2.46. The lowest BCUT2D eigenvalue weighted by atomic mass is 9.89. The lowest BCUT2D eigenvalue weighted by molar-refractivity contribution is -0.0429. The molecule has 154 valence electrons. The molecule has 0 unspecified atom stereocenters. The molecule has 0 aromatic heterocycles. The van der Waals surface area contributed by atoms with Crippen molar-refractivity contribution in [1.82, 2.24) is 5.32 Å². The Morgan fingerprint density at radius 1 is 1.07 bits per heavy atom. The van der Waals surface area contributed by atoms with Crippen LogP contribution < -0.4 is 10.0 Å². The van der Waals surface area contributed by atoms with Gasteiger partial charge in [-0.25, -0.2) is 0 Å². The third kappa shape index (κ3) is 5.30. The lowest BCUT2D eigenvalue weighted by Gasteiger charge is -2.24. The average Bonchev–Trinajstić information content (AvgIpc) is 2.60. The summed E-state index contributed by atoms with van der Waals surface area (Å²) in [5.74, 6) is -0.519. The highest BCUT2D eigenvalue weighted by atomic mass is 35.5. The smallest absolute Gasteiger partial charge is 0.388 e. The van der Waals surface area contributed by atoms with Crippen LogP contribution in [0.3, 0.4) is 0 Å². The van der Waals surface area contributed by atoms with Gasteiger partial charge >= 0.3 is 15.5 Å². The summed E-state index contributed by atoms with van der Waals surface area (Å²) in [6, 6.07) is 9.97. The fraction of sp³-hybridized carbons (Fsp3) is 0.294. The minimum Gasteiger partial charge on any atom is -0.388 e. The van der Waals surface area contributed by atoms with Gasteiger partial charge in [0.15, 0.2) is 0 Å². The van der Waals surface area contributed by atoms with Gasteiger partial charge in [-0.1, -0.05) is 41.4 Å². The number of aliphatic hydroxyl groups is 1. The molecule has 0 radical (unpaired) electrons. The quantitative estimate of drug-likeness (QED) is 0.580. The molecular formula is C17H17Cl2F3N2O3S. The van der Waals surface area contributed by atoms with Crippen LogP contribution in [0.1, 0.15) is 23.1 Å². The zero-order valence-electron chi connectivity index (χ0n) is 14.5. The summed E-state index contributed by atoms with van der Waals surface area (Å²) in [6.45, 7) is 0.317. The van der Waals surface area contributed by atoms with Gasteiger partial charge in [-0.15, -0.1) is 0 Å². The van der Waals surface area contributed by atoms with Crippen LogP contribution in [0.5, 0.6) is 0 Å². The van der Waals surface area contributed by atoms with Gasteiger partial charge in [-0.3, -0.25) is 4.72 Å².